The zero-order chi connectivity index (χ0) is 21.9. The molecule has 1 aromatic heterocycles. The maximum Gasteiger partial charge on any atom is 0.304 e. The fraction of sp³-hybridized carbons (Fsp3) is 0.286. The highest BCUT2D eigenvalue weighted by molar-refractivity contribution is 7.90. The van der Waals surface area contributed by atoms with Gasteiger partial charge in [-0.25, -0.2) is 4.31 Å². The fourth-order valence-corrected chi connectivity index (χ4v) is 4.33. The van der Waals surface area contributed by atoms with E-state index in [1.54, 1.807) is 12.1 Å². The van der Waals surface area contributed by atoms with Gasteiger partial charge in [-0.1, -0.05) is 29.3 Å². The number of carbonyl (C=O) groups excluding carboxylic acids is 1. The Labute approximate surface area is 181 Å². The molecule has 9 heteroatoms. The molecule has 0 aliphatic heterocycles. The minimum atomic E-state index is -3.82. The molecular formula is C21H25ClN4O3S. The third-order valence-electron chi connectivity index (χ3n) is 4.80. The number of anilines is 1. The fourth-order valence-electron chi connectivity index (χ4n) is 3.09. The van der Waals surface area contributed by atoms with Crippen molar-refractivity contribution >= 4 is 44.3 Å². The standard InChI is InChI=1S/C21H25ClN4O3S/c1-15-4-7-18(8-5-15)26(30(28,29)25(2)3)14-21(27)23-11-10-16-13-24-20-9-6-17(22)12-19(16)20/h4-9,12-13,24H,10-11,14H2,1-3H3,(H,23,27). The number of nitrogens with one attached hydrogen (secondary N) is 2. The van der Waals surface area contributed by atoms with Crippen LogP contribution in [0, 0.1) is 6.92 Å². The minimum absolute atomic E-state index is 0.302. The monoisotopic (exact) mass is 448 g/mol. The Bertz CT molecular complexity index is 1140. The van der Waals surface area contributed by atoms with Crippen LogP contribution in [0.3, 0.4) is 0 Å². The first-order valence-electron chi connectivity index (χ1n) is 9.47. The van der Waals surface area contributed by atoms with Crippen molar-refractivity contribution in [1.82, 2.24) is 14.6 Å². The number of halogens is 1. The van der Waals surface area contributed by atoms with E-state index in [0.29, 0.717) is 23.7 Å². The highest BCUT2D eigenvalue weighted by Gasteiger charge is 2.27. The summed E-state index contributed by atoms with van der Waals surface area (Å²) in [6.07, 6.45) is 2.49. The lowest BCUT2D eigenvalue weighted by Gasteiger charge is -2.27. The largest absolute Gasteiger partial charge is 0.361 e. The SMILES string of the molecule is Cc1ccc(N(CC(=O)NCCc2c[nH]c3ccc(Cl)cc23)S(=O)(=O)N(C)C)cc1. The van der Waals surface area contributed by atoms with Gasteiger partial charge in [-0.15, -0.1) is 0 Å². The summed E-state index contributed by atoms with van der Waals surface area (Å²) in [5.74, 6) is -0.376. The molecule has 0 aliphatic carbocycles. The lowest BCUT2D eigenvalue weighted by molar-refractivity contribution is -0.119. The molecular weight excluding hydrogens is 424 g/mol. The van der Waals surface area contributed by atoms with Crippen LogP contribution in [0.1, 0.15) is 11.1 Å². The van der Waals surface area contributed by atoms with Crippen molar-refractivity contribution in [2.24, 2.45) is 0 Å². The van der Waals surface area contributed by atoms with Crippen LogP contribution in [-0.2, 0) is 21.4 Å². The Morgan fingerprint density at radius 2 is 1.83 bits per heavy atom. The normalized spacial score (nSPS) is 11.8. The first kappa shape index (κ1) is 22.1. The Morgan fingerprint density at radius 1 is 1.13 bits per heavy atom. The Morgan fingerprint density at radius 3 is 2.50 bits per heavy atom. The van der Waals surface area contributed by atoms with E-state index in [-0.39, 0.29) is 12.5 Å². The van der Waals surface area contributed by atoms with E-state index >= 15 is 0 Å². The molecule has 3 aromatic rings. The number of aryl methyl sites for hydroxylation is 1. The van der Waals surface area contributed by atoms with Gasteiger partial charge in [0.25, 0.3) is 0 Å². The smallest absolute Gasteiger partial charge is 0.304 e. The highest BCUT2D eigenvalue weighted by Crippen LogP contribution is 2.23. The zero-order valence-electron chi connectivity index (χ0n) is 17.1. The van der Waals surface area contributed by atoms with E-state index < -0.39 is 10.2 Å². The molecule has 160 valence electrons. The molecule has 0 bridgehead atoms. The van der Waals surface area contributed by atoms with Crippen LogP contribution in [0.15, 0.2) is 48.7 Å². The highest BCUT2D eigenvalue weighted by atomic mass is 35.5. The van der Waals surface area contributed by atoms with E-state index in [1.165, 1.54) is 14.1 Å². The molecule has 1 heterocycles. The van der Waals surface area contributed by atoms with Crippen LogP contribution >= 0.6 is 11.6 Å². The Hall–Kier alpha value is -2.55. The quantitative estimate of drug-likeness (QED) is 0.555. The van der Waals surface area contributed by atoms with Gasteiger partial charge < -0.3 is 10.3 Å². The third-order valence-corrected chi connectivity index (χ3v) is 6.85. The van der Waals surface area contributed by atoms with Crippen molar-refractivity contribution in [1.29, 1.82) is 0 Å². The second kappa shape index (κ2) is 9.07. The Kier molecular flexibility index (Phi) is 6.70. The molecule has 0 fully saturated rings. The van der Waals surface area contributed by atoms with Crippen molar-refractivity contribution in [3.8, 4) is 0 Å². The van der Waals surface area contributed by atoms with E-state index in [1.807, 2.05) is 43.5 Å². The van der Waals surface area contributed by atoms with Gasteiger partial charge in [0.05, 0.1) is 5.69 Å². The Balaban J connectivity index is 1.68. The van der Waals surface area contributed by atoms with Gasteiger partial charge in [-0.3, -0.25) is 4.79 Å². The molecule has 30 heavy (non-hydrogen) atoms. The molecule has 7 nitrogen and oxygen atoms in total. The molecule has 1 amide bonds. The summed E-state index contributed by atoms with van der Waals surface area (Å²) in [7, 11) is -0.934. The van der Waals surface area contributed by atoms with Crippen LogP contribution in [-0.4, -0.2) is 50.8 Å². The second-order valence-corrected chi connectivity index (χ2v) is 9.74. The van der Waals surface area contributed by atoms with Gasteiger partial charge in [0.1, 0.15) is 6.54 Å². The predicted octanol–water partition coefficient (Wildman–Crippen LogP) is 3.10. The van der Waals surface area contributed by atoms with E-state index in [4.69, 9.17) is 11.6 Å². The summed E-state index contributed by atoms with van der Waals surface area (Å²) in [4.78, 5) is 15.7. The molecule has 0 unspecified atom stereocenters. The number of fused-ring (bicyclic) bond motifs is 1. The van der Waals surface area contributed by atoms with Crippen LogP contribution < -0.4 is 9.62 Å². The number of H-pyrrole nitrogens is 1. The number of hydrogen-bond donors (Lipinski definition) is 2. The summed E-state index contributed by atoms with van der Waals surface area (Å²) in [6, 6.07) is 12.6. The molecule has 0 atom stereocenters. The van der Waals surface area contributed by atoms with Crippen LogP contribution in [0.4, 0.5) is 5.69 Å². The average molecular weight is 449 g/mol. The van der Waals surface area contributed by atoms with E-state index in [2.05, 4.69) is 10.3 Å². The number of aromatic amines is 1. The summed E-state index contributed by atoms with van der Waals surface area (Å²) >= 11 is 6.08. The first-order valence-corrected chi connectivity index (χ1v) is 11.2. The topological polar surface area (TPSA) is 85.5 Å². The molecule has 0 saturated carbocycles. The van der Waals surface area contributed by atoms with Crippen molar-refractivity contribution in [2.75, 3.05) is 31.5 Å². The maximum atomic E-state index is 12.7. The average Bonchev–Trinajstić information content (AvgIpc) is 3.09. The van der Waals surface area contributed by atoms with Gasteiger partial charge in [0.15, 0.2) is 0 Å². The number of rotatable bonds is 8. The lowest BCUT2D eigenvalue weighted by Crippen LogP contribution is -2.46. The summed E-state index contributed by atoms with van der Waals surface area (Å²) in [5, 5.41) is 4.47. The number of nitrogens with zero attached hydrogens (tertiary/aromatic N) is 2. The first-order chi connectivity index (χ1) is 14.2. The van der Waals surface area contributed by atoms with Crippen molar-refractivity contribution in [3.05, 3.63) is 64.8 Å². The summed E-state index contributed by atoms with van der Waals surface area (Å²) < 4.78 is 27.7. The minimum Gasteiger partial charge on any atom is -0.361 e. The van der Waals surface area contributed by atoms with Gasteiger partial charge >= 0.3 is 10.2 Å². The maximum absolute atomic E-state index is 12.7. The van der Waals surface area contributed by atoms with Crippen LogP contribution in [0.5, 0.6) is 0 Å². The van der Waals surface area contributed by atoms with Gasteiger partial charge in [-0.05, 0) is 49.2 Å². The van der Waals surface area contributed by atoms with Crippen molar-refractivity contribution in [3.63, 3.8) is 0 Å². The summed E-state index contributed by atoms with van der Waals surface area (Å²) in [6.45, 7) is 1.99. The van der Waals surface area contributed by atoms with E-state index in [9.17, 15) is 13.2 Å². The van der Waals surface area contributed by atoms with Gasteiger partial charge in [0, 0.05) is 42.8 Å². The zero-order valence-corrected chi connectivity index (χ0v) is 18.7. The third kappa shape index (κ3) is 4.95. The molecule has 0 radical (unpaired) electrons. The summed E-state index contributed by atoms with van der Waals surface area (Å²) in [5.41, 5.74) is 3.45. The van der Waals surface area contributed by atoms with Crippen LogP contribution in [0.2, 0.25) is 5.02 Å². The van der Waals surface area contributed by atoms with Gasteiger partial charge in [-0.2, -0.15) is 12.7 Å². The van der Waals surface area contributed by atoms with Crippen LogP contribution in [0.25, 0.3) is 10.9 Å². The van der Waals surface area contributed by atoms with Crippen molar-refractivity contribution < 1.29 is 13.2 Å². The van der Waals surface area contributed by atoms with Crippen molar-refractivity contribution in [2.45, 2.75) is 13.3 Å². The number of carbonyl (C=O) groups is 1. The molecule has 3 rings (SSSR count). The molecule has 0 spiro atoms. The molecule has 0 aliphatic rings. The number of hydrogen-bond acceptors (Lipinski definition) is 3. The van der Waals surface area contributed by atoms with Gasteiger partial charge in [0.2, 0.25) is 5.91 Å². The molecule has 0 saturated heterocycles. The second-order valence-electron chi connectivity index (χ2n) is 7.24. The molecule has 2 aromatic carbocycles. The van der Waals surface area contributed by atoms with E-state index in [0.717, 1.165) is 30.6 Å². The number of aromatic nitrogens is 1. The number of amides is 1. The molecule has 2 N–H and O–H groups in total. The number of benzene rings is 2. The lowest BCUT2D eigenvalue weighted by atomic mass is 10.1. The predicted molar refractivity (Wildman–Crippen MR) is 121 cm³/mol.